The fraction of sp³-hybridized carbons (Fsp3) is 0.348. The summed E-state index contributed by atoms with van der Waals surface area (Å²) in [6.45, 7) is 0.877. The summed E-state index contributed by atoms with van der Waals surface area (Å²) in [6, 6.07) is 15.8. The van der Waals surface area contributed by atoms with Gasteiger partial charge in [0.1, 0.15) is 11.5 Å². The molecule has 3 rings (SSSR count). The molecule has 0 atom stereocenters. The molecule has 0 amide bonds. The molecule has 0 bridgehead atoms. The molecule has 8 heteroatoms. The zero-order chi connectivity index (χ0) is 22.1. The zero-order valence-electron chi connectivity index (χ0n) is 18.1. The molecular formula is C23H28N4O4. The van der Waals surface area contributed by atoms with Gasteiger partial charge in [-0.15, -0.1) is 5.10 Å². The van der Waals surface area contributed by atoms with E-state index in [1.54, 1.807) is 26.0 Å². The molecule has 1 aromatic heterocycles. The van der Waals surface area contributed by atoms with Crippen molar-refractivity contribution in [1.29, 1.82) is 0 Å². The molecule has 0 unspecified atom stereocenters. The fourth-order valence-corrected chi connectivity index (χ4v) is 3.44. The molecule has 164 valence electrons. The Hall–Kier alpha value is -3.23. The highest BCUT2D eigenvalue weighted by Gasteiger charge is 2.19. The van der Waals surface area contributed by atoms with E-state index in [4.69, 9.17) is 14.2 Å². The molecule has 31 heavy (non-hydrogen) atoms. The van der Waals surface area contributed by atoms with Crippen LogP contribution in [0.2, 0.25) is 0 Å². The fourth-order valence-electron chi connectivity index (χ4n) is 3.44. The van der Waals surface area contributed by atoms with Crippen molar-refractivity contribution in [2.75, 3.05) is 34.5 Å². The molecule has 0 saturated heterocycles. The van der Waals surface area contributed by atoms with Crippen LogP contribution in [0.5, 0.6) is 11.5 Å². The maximum Gasteiger partial charge on any atom is 0.178 e. The lowest BCUT2D eigenvalue weighted by Crippen LogP contribution is -2.10. The lowest BCUT2D eigenvalue weighted by molar-refractivity contribution is 0.196. The van der Waals surface area contributed by atoms with Gasteiger partial charge in [0.05, 0.1) is 27.4 Å². The minimum Gasteiger partial charge on any atom is -0.497 e. The normalized spacial score (nSPS) is 10.7. The number of benzene rings is 2. The summed E-state index contributed by atoms with van der Waals surface area (Å²) >= 11 is 0. The minimum atomic E-state index is -0.0518. The average Bonchev–Trinajstić information content (AvgIpc) is 3.27. The number of aliphatic hydroxyl groups excluding tert-OH is 1. The quantitative estimate of drug-likeness (QED) is 0.473. The van der Waals surface area contributed by atoms with E-state index in [1.807, 2.05) is 48.5 Å². The van der Waals surface area contributed by atoms with E-state index in [9.17, 15) is 5.11 Å². The minimum absolute atomic E-state index is 0.0518. The first-order valence-electron chi connectivity index (χ1n) is 10.1. The van der Waals surface area contributed by atoms with Crippen molar-refractivity contribution >= 4 is 11.1 Å². The Morgan fingerprint density at radius 2 is 1.48 bits per heavy atom. The van der Waals surface area contributed by atoms with Crippen LogP contribution in [-0.4, -0.2) is 59.9 Å². The molecule has 0 aliphatic heterocycles. The van der Waals surface area contributed by atoms with Gasteiger partial charge in [0.15, 0.2) is 5.82 Å². The van der Waals surface area contributed by atoms with Gasteiger partial charge in [-0.25, -0.2) is 4.68 Å². The Bertz CT molecular complexity index is 932. The number of rotatable bonds is 11. The van der Waals surface area contributed by atoms with Crippen LogP contribution in [0.25, 0.3) is 11.1 Å². The number of allylic oxidation sites excluding steroid dienone is 1. The Morgan fingerprint density at radius 3 is 1.97 bits per heavy atom. The highest BCUT2D eigenvalue weighted by atomic mass is 16.5. The second kappa shape index (κ2) is 11.2. The van der Waals surface area contributed by atoms with Crippen LogP contribution in [0.1, 0.15) is 29.8 Å². The molecule has 3 aromatic rings. The summed E-state index contributed by atoms with van der Waals surface area (Å²) in [5.41, 5.74) is 4.01. The van der Waals surface area contributed by atoms with Crippen LogP contribution in [0, 0.1) is 0 Å². The summed E-state index contributed by atoms with van der Waals surface area (Å²) in [7, 11) is 4.98. The number of tetrazole rings is 1. The van der Waals surface area contributed by atoms with Gasteiger partial charge in [0.2, 0.25) is 0 Å². The van der Waals surface area contributed by atoms with Crippen LogP contribution in [0.3, 0.4) is 0 Å². The van der Waals surface area contributed by atoms with E-state index in [0.717, 1.165) is 40.2 Å². The van der Waals surface area contributed by atoms with Gasteiger partial charge >= 0.3 is 0 Å². The molecule has 0 aliphatic rings. The summed E-state index contributed by atoms with van der Waals surface area (Å²) in [6.07, 6.45) is 1.50. The standard InChI is InChI=1S/C23H28N4O4/c1-29-16-4-5-21(23-24-25-26-27(23)14-15-28)22(17-6-10-19(30-2)11-7-17)18-8-12-20(31-3)13-9-18/h6-13,28H,4-5,14-16H2,1-3H3. The van der Waals surface area contributed by atoms with Crippen LogP contribution < -0.4 is 9.47 Å². The molecule has 0 saturated carbocycles. The van der Waals surface area contributed by atoms with Crippen LogP contribution >= 0.6 is 0 Å². The van der Waals surface area contributed by atoms with Crippen LogP contribution in [0.15, 0.2) is 48.5 Å². The Balaban J connectivity index is 2.22. The van der Waals surface area contributed by atoms with Crippen molar-refractivity contribution in [2.45, 2.75) is 19.4 Å². The van der Waals surface area contributed by atoms with Crippen LogP contribution in [-0.2, 0) is 11.3 Å². The number of aliphatic hydroxyl groups is 1. The van der Waals surface area contributed by atoms with E-state index in [2.05, 4.69) is 15.5 Å². The van der Waals surface area contributed by atoms with Crippen LogP contribution in [0.4, 0.5) is 0 Å². The lowest BCUT2D eigenvalue weighted by atomic mass is 9.90. The summed E-state index contributed by atoms with van der Waals surface area (Å²) in [4.78, 5) is 0. The zero-order valence-corrected chi connectivity index (χ0v) is 18.1. The number of aromatic nitrogens is 4. The molecule has 0 aliphatic carbocycles. The number of nitrogens with zero attached hydrogens (tertiary/aromatic N) is 4. The molecule has 1 heterocycles. The third-order valence-electron chi connectivity index (χ3n) is 4.95. The largest absolute Gasteiger partial charge is 0.497 e. The molecular weight excluding hydrogens is 396 g/mol. The first-order valence-corrected chi connectivity index (χ1v) is 10.1. The van der Waals surface area contributed by atoms with Gasteiger partial charge < -0.3 is 19.3 Å². The van der Waals surface area contributed by atoms with Gasteiger partial charge in [0.25, 0.3) is 0 Å². The smallest absolute Gasteiger partial charge is 0.178 e. The summed E-state index contributed by atoms with van der Waals surface area (Å²) in [5, 5.41) is 21.7. The van der Waals surface area contributed by atoms with Crippen molar-refractivity contribution < 1.29 is 19.3 Å². The summed E-state index contributed by atoms with van der Waals surface area (Å²) < 4.78 is 17.6. The molecule has 0 radical (unpaired) electrons. The Labute approximate surface area is 182 Å². The lowest BCUT2D eigenvalue weighted by Gasteiger charge is -2.17. The second-order valence-corrected chi connectivity index (χ2v) is 6.86. The Kier molecular flexibility index (Phi) is 8.14. The Morgan fingerprint density at radius 1 is 0.903 bits per heavy atom. The van der Waals surface area contributed by atoms with Gasteiger partial charge in [-0.05, 0) is 64.2 Å². The molecule has 0 spiro atoms. The third-order valence-corrected chi connectivity index (χ3v) is 4.95. The van der Waals surface area contributed by atoms with E-state index in [1.165, 1.54) is 0 Å². The topological polar surface area (TPSA) is 91.5 Å². The highest BCUT2D eigenvalue weighted by Crippen LogP contribution is 2.35. The van der Waals surface area contributed by atoms with Gasteiger partial charge in [-0.2, -0.15) is 0 Å². The van der Waals surface area contributed by atoms with E-state index < -0.39 is 0 Å². The molecule has 1 N–H and O–H groups in total. The number of methoxy groups -OCH3 is 3. The molecule has 2 aromatic carbocycles. The van der Waals surface area contributed by atoms with Crippen molar-refractivity contribution in [1.82, 2.24) is 20.2 Å². The first kappa shape index (κ1) is 22.5. The van der Waals surface area contributed by atoms with Crippen molar-refractivity contribution in [3.8, 4) is 11.5 Å². The van der Waals surface area contributed by atoms with Gasteiger partial charge in [-0.3, -0.25) is 0 Å². The van der Waals surface area contributed by atoms with Gasteiger partial charge in [-0.1, -0.05) is 24.3 Å². The first-order chi connectivity index (χ1) is 15.2. The second-order valence-electron chi connectivity index (χ2n) is 6.86. The third kappa shape index (κ3) is 5.48. The monoisotopic (exact) mass is 424 g/mol. The number of ether oxygens (including phenoxy) is 3. The predicted octanol–water partition coefficient (Wildman–Crippen LogP) is 3.07. The summed E-state index contributed by atoms with van der Waals surface area (Å²) in [5.74, 6) is 2.19. The predicted molar refractivity (Wildman–Crippen MR) is 118 cm³/mol. The van der Waals surface area contributed by atoms with E-state index in [-0.39, 0.29) is 6.61 Å². The maximum absolute atomic E-state index is 9.47. The number of hydrogen-bond acceptors (Lipinski definition) is 7. The van der Waals surface area contributed by atoms with E-state index in [0.29, 0.717) is 25.4 Å². The molecule has 0 fully saturated rings. The van der Waals surface area contributed by atoms with Crippen molar-refractivity contribution in [3.63, 3.8) is 0 Å². The SMILES string of the molecule is COCCCC(=C(c1ccc(OC)cc1)c1ccc(OC)cc1)c1nnnn1CCO. The average molecular weight is 425 g/mol. The van der Waals surface area contributed by atoms with Crippen molar-refractivity contribution in [3.05, 3.63) is 65.5 Å². The van der Waals surface area contributed by atoms with Crippen molar-refractivity contribution in [2.24, 2.45) is 0 Å². The van der Waals surface area contributed by atoms with E-state index >= 15 is 0 Å². The van der Waals surface area contributed by atoms with Gasteiger partial charge in [0, 0.05) is 19.3 Å². The maximum atomic E-state index is 9.47. The number of hydrogen-bond donors (Lipinski definition) is 1. The highest BCUT2D eigenvalue weighted by molar-refractivity contribution is 5.97. The molecule has 8 nitrogen and oxygen atoms in total.